The smallest absolute Gasteiger partial charge is 0.249 e. The Morgan fingerprint density at radius 1 is 1.03 bits per heavy atom. The lowest BCUT2D eigenvalue weighted by molar-refractivity contribution is 0.0693. The van der Waals surface area contributed by atoms with Gasteiger partial charge in [-0.15, -0.1) is 0 Å². The van der Waals surface area contributed by atoms with Gasteiger partial charge >= 0.3 is 0 Å². The van der Waals surface area contributed by atoms with E-state index in [2.05, 4.69) is 9.88 Å². The van der Waals surface area contributed by atoms with E-state index in [0.717, 1.165) is 46.9 Å². The van der Waals surface area contributed by atoms with Crippen LogP contribution < -0.4 is 19.9 Å². The second kappa shape index (κ2) is 10.4. The molecule has 1 amide bonds. The highest BCUT2D eigenvalue weighted by Crippen LogP contribution is 2.53. The number of carbonyl (C=O) groups excluding carboxylic acids is 1. The number of ether oxygens (including phenoxy) is 4. The summed E-state index contributed by atoms with van der Waals surface area (Å²) in [5, 5.41) is 2.61. The first-order valence-corrected chi connectivity index (χ1v) is 13.3. The standard InChI is InChI=1S/C31H33N3O5/c1-36-27-15-24-25(16-28(27)38-13-12-34-17-29(37-2)31(19-34)9-10-31)33-11-8-26(24)39-18-20-6-7-22-21(14-20)4-3-5-23(22)30(32)35/h3-8,11,14-16,29H,9-10,12-13,17-19H2,1-2H3,(H2,32,35). The van der Waals surface area contributed by atoms with Gasteiger partial charge in [0.2, 0.25) is 5.91 Å². The summed E-state index contributed by atoms with van der Waals surface area (Å²) in [6.45, 7) is 3.79. The van der Waals surface area contributed by atoms with Gasteiger partial charge < -0.3 is 24.7 Å². The largest absolute Gasteiger partial charge is 0.493 e. The van der Waals surface area contributed by atoms with Crippen molar-refractivity contribution < 1.29 is 23.7 Å². The number of fused-ring (bicyclic) bond motifs is 2. The molecule has 2 N–H and O–H groups in total. The van der Waals surface area contributed by atoms with Gasteiger partial charge in [0, 0.05) is 55.4 Å². The van der Waals surface area contributed by atoms with Crippen molar-refractivity contribution >= 4 is 27.6 Å². The third-order valence-electron chi connectivity index (χ3n) is 8.08. The number of hydrogen-bond donors (Lipinski definition) is 1. The van der Waals surface area contributed by atoms with Gasteiger partial charge in [0.25, 0.3) is 0 Å². The zero-order valence-electron chi connectivity index (χ0n) is 22.3. The first-order chi connectivity index (χ1) is 19.0. The number of benzene rings is 3. The molecule has 3 aromatic carbocycles. The Balaban J connectivity index is 1.15. The van der Waals surface area contributed by atoms with Crippen molar-refractivity contribution in [3.63, 3.8) is 0 Å². The van der Waals surface area contributed by atoms with Crippen molar-refractivity contribution in [1.29, 1.82) is 0 Å². The average molecular weight is 528 g/mol. The molecule has 2 aliphatic rings. The fraction of sp³-hybridized carbons (Fsp3) is 0.355. The second-order valence-electron chi connectivity index (χ2n) is 10.5. The monoisotopic (exact) mass is 527 g/mol. The molecular weight excluding hydrogens is 494 g/mol. The van der Waals surface area contributed by atoms with Crippen LogP contribution in [0.3, 0.4) is 0 Å². The Morgan fingerprint density at radius 2 is 1.90 bits per heavy atom. The highest BCUT2D eigenvalue weighted by atomic mass is 16.5. The van der Waals surface area contributed by atoms with E-state index in [-0.39, 0.29) is 0 Å². The molecule has 2 fully saturated rings. The molecule has 1 aliphatic carbocycles. The van der Waals surface area contributed by atoms with E-state index < -0.39 is 5.91 Å². The van der Waals surface area contributed by atoms with Gasteiger partial charge in [-0.2, -0.15) is 0 Å². The van der Waals surface area contributed by atoms with Crippen LogP contribution in [-0.2, 0) is 11.3 Å². The summed E-state index contributed by atoms with van der Waals surface area (Å²) in [7, 11) is 3.46. The summed E-state index contributed by atoms with van der Waals surface area (Å²) >= 11 is 0. The molecule has 1 saturated heterocycles. The van der Waals surface area contributed by atoms with E-state index in [4.69, 9.17) is 24.7 Å². The van der Waals surface area contributed by atoms with Crippen LogP contribution >= 0.6 is 0 Å². The van der Waals surface area contributed by atoms with E-state index >= 15 is 0 Å². The van der Waals surface area contributed by atoms with Crippen LogP contribution in [0.1, 0.15) is 28.8 Å². The lowest BCUT2D eigenvalue weighted by Crippen LogP contribution is -2.27. The van der Waals surface area contributed by atoms with Crippen molar-refractivity contribution in [1.82, 2.24) is 9.88 Å². The predicted molar refractivity (Wildman–Crippen MR) is 149 cm³/mol. The topological polar surface area (TPSA) is 96.1 Å². The first kappa shape index (κ1) is 25.4. The van der Waals surface area contributed by atoms with E-state index in [9.17, 15) is 4.79 Å². The van der Waals surface area contributed by atoms with Crippen LogP contribution in [0.25, 0.3) is 21.7 Å². The molecule has 0 bridgehead atoms. The van der Waals surface area contributed by atoms with Gasteiger partial charge in [0.05, 0.1) is 18.7 Å². The summed E-state index contributed by atoms with van der Waals surface area (Å²) in [6, 6.07) is 17.1. The third-order valence-corrected chi connectivity index (χ3v) is 8.08. The number of rotatable bonds is 10. The molecule has 1 spiro atoms. The van der Waals surface area contributed by atoms with Crippen molar-refractivity contribution in [2.45, 2.75) is 25.6 Å². The predicted octanol–water partition coefficient (Wildman–Crippen LogP) is 4.56. The molecule has 1 unspecified atom stereocenters. The minimum absolute atomic E-state index is 0.331. The van der Waals surface area contributed by atoms with E-state index in [1.54, 1.807) is 19.4 Å². The van der Waals surface area contributed by atoms with Gasteiger partial charge in [0.1, 0.15) is 19.0 Å². The summed E-state index contributed by atoms with van der Waals surface area (Å²) in [5.74, 6) is 1.57. The third kappa shape index (κ3) is 4.97. The maximum Gasteiger partial charge on any atom is 0.249 e. The Labute approximate surface area is 227 Å². The number of pyridine rings is 1. The molecule has 1 aliphatic heterocycles. The van der Waals surface area contributed by atoms with Gasteiger partial charge in [0.15, 0.2) is 11.5 Å². The molecule has 2 heterocycles. The minimum Gasteiger partial charge on any atom is -0.493 e. The molecule has 1 atom stereocenters. The number of amides is 1. The zero-order valence-corrected chi connectivity index (χ0v) is 22.3. The number of hydrogen-bond acceptors (Lipinski definition) is 7. The van der Waals surface area contributed by atoms with Crippen LogP contribution in [0.2, 0.25) is 0 Å². The van der Waals surface area contributed by atoms with E-state index in [1.165, 1.54) is 12.8 Å². The highest BCUT2D eigenvalue weighted by Gasteiger charge is 2.55. The molecule has 1 saturated carbocycles. The number of carbonyl (C=O) groups is 1. The second-order valence-corrected chi connectivity index (χ2v) is 10.5. The van der Waals surface area contributed by atoms with Crippen molar-refractivity contribution in [3.8, 4) is 17.2 Å². The van der Waals surface area contributed by atoms with Crippen molar-refractivity contribution in [2.75, 3.05) is 40.5 Å². The van der Waals surface area contributed by atoms with Crippen LogP contribution in [0, 0.1) is 5.41 Å². The lowest BCUT2D eigenvalue weighted by Gasteiger charge is -2.17. The molecule has 6 rings (SSSR count). The molecule has 8 nitrogen and oxygen atoms in total. The Kier molecular flexibility index (Phi) is 6.74. The van der Waals surface area contributed by atoms with Gasteiger partial charge in [-0.3, -0.25) is 14.7 Å². The van der Waals surface area contributed by atoms with Crippen LogP contribution in [0.15, 0.2) is 60.8 Å². The Morgan fingerprint density at radius 3 is 2.64 bits per heavy atom. The SMILES string of the molecule is COc1cc2c(OCc3ccc4c(C(N)=O)cccc4c3)ccnc2cc1OCCN1CC(OC)C2(CC2)C1. The molecule has 8 heteroatoms. The summed E-state index contributed by atoms with van der Waals surface area (Å²) in [5.41, 5.74) is 8.15. The maximum absolute atomic E-state index is 11.7. The van der Waals surface area contributed by atoms with Gasteiger partial charge in [-0.1, -0.05) is 24.3 Å². The normalized spacial score (nSPS) is 18.1. The highest BCUT2D eigenvalue weighted by molar-refractivity contribution is 6.06. The molecule has 39 heavy (non-hydrogen) atoms. The number of primary amides is 1. The molecule has 4 aromatic rings. The number of nitrogens with zero attached hydrogens (tertiary/aromatic N) is 2. The van der Waals surface area contributed by atoms with Crippen LogP contribution in [0.4, 0.5) is 0 Å². The molecule has 0 radical (unpaired) electrons. The number of aromatic nitrogens is 1. The Bertz CT molecular complexity index is 1530. The summed E-state index contributed by atoms with van der Waals surface area (Å²) < 4.78 is 23.8. The minimum atomic E-state index is -0.437. The van der Waals surface area contributed by atoms with Gasteiger partial charge in [-0.05, 0) is 53.4 Å². The summed E-state index contributed by atoms with van der Waals surface area (Å²) in [6.07, 6.45) is 4.58. The maximum atomic E-state index is 11.7. The van der Waals surface area contributed by atoms with Gasteiger partial charge in [-0.25, -0.2) is 0 Å². The fourth-order valence-corrected chi connectivity index (χ4v) is 5.79. The van der Waals surface area contributed by atoms with Crippen molar-refractivity contribution in [3.05, 3.63) is 71.9 Å². The van der Waals surface area contributed by atoms with Crippen molar-refractivity contribution in [2.24, 2.45) is 11.1 Å². The quantitative estimate of drug-likeness (QED) is 0.323. The first-order valence-electron chi connectivity index (χ1n) is 13.3. The number of nitrogens with two attached hydrogens (primary N) is 1. The summed E-state index contributed by atoms with van der Waals surface area (Å²) in [4.78, 5) is 18.7. The lowest BCUT2D eigenvalue weighted by atomic mass is 10.0. The molecular formula is C31H33N3O5. The molecule has 202 valence electrons. The van der Waals surface area contributed by atoms with E-state index in [0.29, 0.717) is 47.5 Å². The average Bonchev–Trinajstić information content (AvgIpc) is 3.64. The molecule has 1 aromatic heterocycles. The van der Waals surface area contributed by atoms with E-state index in [1.807, 2.05) is 55.6 Å². The van der Waals surface area contributed by atoms with Crippen LogP contribution in [-0.4, -0.2) is 62.4 Å². The number of likely N-dealkylation sites (tertiary alicyclic amines) is 1. The fourth-order valence-electron chi connectivity index (χ4n) is 5.79. The number of methoxy groups -OCH3 is 2. The van der Waals surface area contributed by atoms with Crippen LogP contribution in [0.5, 0.6) is 17.2 Å². The zero-order chi connectivity index (χ0) is 27.0. The Hall–Kier alpha value is -3.88.